The highest BCUT2D eigenvalue weighted by Crippen LogP contribution is 2.21. The molecule has 1 aliphatic rings. The second-order valence-electron chi connectivity index (χ2n) is 5.69. The van der Waals surface area contributed by atoms with Crippen molar-refractivity contribution in [2.24, 2.45) is 5.92 Å². The molecule has 1 fully saturated rings. The van der Waals surface area contributed by atoms with Crippen LogP contribution in [-0.2, 0) is 0 Å². The predicted molar refractivity (Wildman–Crippen MR) is 82.6 cm³/mol. The molecule has 0 radical (unpaired) electrons. The number of terminal acetylenes is 1. The topological polar surface area (TPSA) is 32.3 Å². The van der Waals surface area contributed by atoms with E-state index < -0.39 is 0 Å². The van der Waals surface area contributed by atoms with Crippen molar-refractivity contribution < 1.29 is 4.79 Å². The van der Waals surface area contributed by atoms with Gasteiger partial charge in [-0.3, -0.25) is 0 Å². The highest BCUT2D eigenvalue weighted by atomic mass is 16.2. The molecule has 1 aromatic carbocycles. The van der Waals surface area contributed by atoms with Crippen LogP contribution in [0.1, 0.15) is 38.7 Å². The first-order chi connectivity index (χ1) is 9.60. The maximum Gasteiger partial charge on any atom is 0.322 e. The van der Waals surface area contributed by atoms with E-state index in [2.05, 4.69) is 25.1 Å². The van der Waals surface area contributed by atoms with Gasteiger partial charge in [0.05, 0.1) is 0 Å². The summed E-state index contributed by atoms with van der Waals surface area (Å²) in [6.45, 7) is 5.15. The molecule has 3 heteroatoms. The Morgan fingerprint density at radius 1 is 1.40 bits per heavy atom. The van der Waals surface area contributed by atoms with Gasteiger partial charge >= 0.3 is 6.03 Å². The highest BCUT2D eigenvalue weighted by molar-refractivity contribution is 5.89. The summed E-state index contributed by atoms with van der Waals surface area (Å²) in [7, 11) is 0. The van der Waals surface area contributed by atoms with Crippen molar-refractivity contribution >= 4 is 11.7 Å². The molecule has 1 aliphatic heterocycles. The number of amides is 2. The van der Waals surface area contributed by atoms with Crippen LogP contribution in [0.25, 0.3) is 0 Å². The average molecular weight is 270 g/mol. The summed E-state index contributed by atoms with van der Waals surface area (Å²) in [5.74, 6) is 3.14. The fourth-order valence-corrected chi connectivity index (χ4v) is 2.69. The van der Waals surface area contributed by atoms with E-state index in [1.54, 1.807) is 0 Å². The van der Waals surface area contributed by atoms with Crippen LogP contribution in [0.4, 0.5) is 10.5 Å². The zero-order valence-electron chi connectivity index (χ0n) is 12.2. The number of likely N-dealkylation sites (tertiary alicyclic amines) is 1. The zero-order valence-corrected chi connectivity index (χ0v) is 12.2. The lowest BCUT2D eigenvalue weighted by Crippen LogP contribution is -2.42. The number of carbonyl (C=O) groups excluding carboxylic acids is 1. The molecule has 1 aromatic rings. The van der Waals surface area contributed by atoms with E-state index in [0.717, 1.165) is 24.2 Å². The molecule has 0 aromatic heterocycles. The number of anilines is 1. The Balaban J connectivity index is 2.08. The Morgan fingerprint density at radius 2 is 2.20 bits per heavy atom. The summed E-state index contributed by atoms with van der Waals surface area (Å²) in [6, 6.07) is 7.66. The number of benzene rings is 1. The van der Waals surface area contributed by atoms with Gasteiger partial charge in [0.15, 0.2) is 0 Å². The first-order valence-corrected chi connectivity index (χ1v) is 7.24. The zero-order chi connectivity index (χ0) is 14.5. The van der Waals surface area contributed by atoms with E-state index in [0.29, 0.717) is 5.92 Å². The molecule has 2 atom stereocenters. The van der Waals surface area contributed by atoms with Crippen LogP contribution in [0.3, 0.4) is 0 Å². The summed E-state index contributed by atoms with van der Waals surface area (Å²) in [4.78, 5) is 14.4. The van der Waals surface area contributed by atoms with Crippen molar-refractivity contribution in [1.29, 1.82) is 0 Å². The quantitative estimate of drug-likeness (QED) is 0.775. The summed E-state index contributed by atoms with van der Waals surface area (Å²) in [5.41, 5.74) is 1.54. The van der Waals surface area contributed by atoms with Gasteiger partial charge in [-0.2, -0.15) is 0 Å². The Bertz CT molecular complexity index is 518. The van der Waals surface area contributed by atoms with Crippen LogP contribution < -0.4 is 5.32 Å². The first kappa shape index (κ1) is 14.5. The molecule has 2 amide bonds. The Hall–Kier alpha value is -1.95. The molecule has 0 bridgehead atoms. The van der Waals surface area contributed by atoms with Crippen molar-refractivity contribution in [3.05, 3.63) is 29.8 Å². The van der Waals surface area contributed by atoms with Gasteiger partial charge in [0, 0.05) is 23.8 Å². The van der Waals surface area contributed by atoms with E-state index in [1.807, 2.05) is 29.2 Å². The second kappa shape index (κ2) is 6.47. The molecule has 1 heterocycles. The molecule has 0 aliphatic carbocycles. The number of urea groups is 1. The van der Waals surface area contributed by atoms with Crippen LogP contribution in [0.5, 0.6) is 0 Å². The van der Waals surface area contributed by atoms with Crippen LogP contribution in [0.15, 0.2) is 24.3 Å². The maximum absolute atomic E-state index is 12.4. The highest BCUT2D eigenvalue weighted by Gasteiger charge is 2.25. The van der Waals surface area contributed by atoms with Gasteiger partial charge in [-0.05, 0) is 43.9 Å². The molecular weight excluding hydrogens is 248 g/mol. The fraction of sp³-hybridized carbons (Fsp3) is 0.471. The van der Waals surface area contributed by atoms with E-state index in [1.165, 1.54) is 12.8 Å². The standard InChI is InChI=1S/C17H22N2O/c1-4-15-9-6-10-16(11-15)18-17(20)19-12-13(2)7-5-8-14(19)3/h1,6,9-11,13-14H,5,7-8,12H2,2-3H3,(H,18,20). The molecule has 1 saturated heterocycles. The van der Waals surface area contributed by atoms with Gasteiger partial charge < -0.3 is 10.2 Å². The summed E-state index contributed by atoms with van der Waals surface area (Å²) >= 11 is 0. The van der Waals surface area contributed by atoms with Crippen molar-refractivity contribution in [2.75, 3.05) is 11.9 Å². The van der Waals surface area contributed by atoms with Gasteiger partial charge in [-0.15, -0.1) is 6.42 Å². The second-order valence-corrected chi connectivity index (χ2v) is 5.69. The third-order valence-corrected chi connectivity index (χ3v) is 3.90. The third-order valence-electron chi connectivity index (χ3n) is 3.90. The minimum absolute atomic E-state index is 0.0274. The molecule has 20 heavy (non-hydrogen) atoms. The maximum atomic E-state index is 12.4. The minimum atomic E-state index is -0.0274. The van der Waals surface area contributed by atoms with Crippen molar-refractivity contribution in [1.82, 2.24) is 4.90 Å². The molecule has 0 saturated carbocycles. The number of nitrogens with zero attached hydrogens (tertiary/aromatic N) is 1. The number of nitrogens with one attached hydrogen (secondary N) is 1. The molecule has 2 rings (SSSR count). The van der Waals surface area contributed by atoms with Gasteiger partial charge in [0.25, 0.3) is 0 Å². The van der Waals surface area contributed by atoms with Crippen molar-refractivity contribution in [3.8, 4) is 12.3 Å². The number of rotatable bonds is 1. The molecule has 0 spiro atoms. The van der Waals surface area contributed by atoms with Crippen molar-refractivity contribution in [3.63, 3.8) is 0 Å². The molecule has 3 nitrogen and oxygen atoms in total. The van der Waals surface area contributed by atoms with E-state index in [4.69, 9.17) is 6.42 Å². The largest absolute Gasteiger partial charge is 0.322 e. The normalized spacial score (nSPS) is 22.8. The van der Waals surface area contributed by atoms with E-state index >= 15 is 0 Å². The van der Waals surface area contributed by atoms with Crippen LogP contribution in [-0.4, -0.2) is 23.5 Å². The number of hydrogen-bond donors (Lipinski definition) is 1. The van der Waals surface area contributed by atoms with Crippen LogP contribution >= 0.6 is 0 Å². The summed E-state index contributed by atoms with van der Waals surface area (Å²) < 4.78 is 0. The smallest absolute Gasteiger partial charge is 0.322 e. The Morgan fingerprint density at radius 3 is 2.95 bits per heavy atom. The summed E-state index contributed by atoms with van der Waals surface area (Å²) in [6.07, 6.45) is 8.84. The lowest BCUT2D eigenvalue weighted by atomic mass is 10.1. The minimum Gasteiger partial charge on any atom is -0.322 e. The van der Waals surface area contributed by atoms with Gasteiger partial charge in [0.2, 0.25) is 0 Å². The lowest BCUT2D eigenvalue weighted by Gasteiger charge is -2.28. The first-order valence-electron chi connectivity index (χ1n) is 7.24. The molecular formula is C17H22N2O. The Kier molecular flexibility index (Phi) is 4.68. The molecule has 2 unspecified atom stereocenters. The SMILES string of the molecule is C#Cc1cccc(NC(=O)N2CC(C)CCCC2C)c1. The number of hydrogen-bond acceptors (Lipinski definition) is 1. The summed E-state index contributed by atoms with van der Waals surface area (Å²) in [5, 5.41) is 2.96. The van der Waals surface area contributed by atoms with E-state index in [-0.39, 0.29) is 12.1 Å². The van der Waals surface area contributed by atoms with Crippen LogP contribution in [0, 0.1) is 18.3 Å². The third kappa shape index (κ3) is 3.54. The van der Waals surface area contributed by atoms with Gasteiger partial charge in [0.1, 0.15) is 0 Å². The molecule has 1 N–H and O–H groups in total. The van der Waals surface area contributed by atoms with Gasteiger partial charge in [-0.25, -0.2) is 4.79 Å². The van der Waals surface area contributed by atoms with Crippen molar-refractivity contribution in [2.45, 2.75) is 39.2 Å². The monoisotopic (exact) mass is 270 g/mol. The average Bonchev–Trinajstić information content (AvgIpc) is 2.60. The molecule has 106 valence electrons. The Labute approximate surface area is 121 Å². The lowest BCUT2D eigenvalue weighted by molar-refractivity contribution is 0.187. The fourth-order valence-electron chi connectivity index (χ4n) is 2.69. The number of carbonyl (C=O) groups is 1. The predicted octanol–water partition coefficient (Wildman–Crippen LogP) is 3.71. The van der Waals surface area contributed by atoms with Gasteiger partial charge in [-0.1, -0.05) is 25.3 Å². The van der Waals surface area contributed by atoms with Crippen LogP contribution in [0.2, 0.25) is 0 Å². The van der Waals surface area contributed by atoms with E-state index in [9.17, 15) is 4.79 Å².